The van der Waals surface area contributed by atoms with Crippen LogP contribution in [0.5, 0.6) is 17.2 Å². The van der Waals surface area contributed by atoms with Crippen molar-refractivity contribution < 1.29 is 18.6 Å². The van der Waals surface area contributed by atoms with Crippen molar-refractivity contribution >= 4 is 29.9 Å². The van der Waals surface area contributed by atoms with Crippen molar-refractivity contribution in [1.29, 1.82) is 0 Å². The molecule has 0 spiro atoms. The predicted molar refractivity (Wildman–Crippen MR) is 125 cm³/mol. The number of rotatable bonds is 9. The van der Waals surface area contributed by atoms with Crippen LogP contribution in [0.4, 0.5) is 4.39 Å². The number of ether oxygens (including phenoxy) is 3. The van der Waals surface area contributed by atoms with Gasteiger partial charge >= 0.3 is 0 Å². The van der Waals surface area contributed by atoms with Gasteiger partial charge in [-0.3, -0.25) is 4.99 Å². The first kappa shape index (κ1) is 24.8. The number of hydrogen-bond acceptors (Lipinski definition) is 4. The van der Waals surface area contributed by atoms with E-state index in [2.05, 4.69) is 15.6 Å². The topological polar surface area (TPSA) is 64.1 Å². The molecule has 2 aromatic carbocycles. The van der Waals surface area contributed by atoms with E-state index >= 15 is 0 Å². The van der Waals surface area contributed by atoms with Crippen LogP contribution >= 0.6 is 24.0 Å². The minimum Gasteiger partial charge on any atom is -0.493 e. The number of hydrogen-bond donors (Lipinski definition) is 2. The van der Waals surface area contributed by atoms with E-state index in [1.54, 1.807) is 33.4 Å². The van der Waals surface area contributed by atoms with Gasteiger partial charge in [-0.1, -0.05) is 6.07 Å². The Balaban J connectivity index is 0.00000420. The molecule has 8 heteroatoms. The molecule has 1 unspecified atom stereocenters. The number of methoxy groups -OCH3 is 2. The van der Waals surface area contributed by atoms with Gasteiger partial charge in [0.05, 0.1) is 20.8 Å². The molecule has 6 nitrogen and oxygen atoms in total. The molecule has 0 amide bonds. The van der Waals surface area contributed by atoms with Gasteiger partial charge in [-0.15, -0.1) is 24.0 Å². The van der Waals surface area contributed by atoms with Gasteiger partial charge in [-0.25, -0.2) is 4.39 Å². The fraction of sp³-hybridized carbons (Fsp3) is 0.381. The Labute approximate surface area is 188 Å². The summed E-state index contributed by atoms with van der Waals surface area (Å²) in [4.78, 5) is 4.22. The second-order valence-corrected chi connectivity index (χ2v) is 6.20. The van der Waals surface area contributed by atoms with Crippen LogP contribution in [0.2, 0.25) is 0 Å². The number of nitrogens with one attached hydrogen (secondary N) is 2. The third kappa shape index (κ3) is 8.35. The summed E-state index contributed by atoms with van der Waals surface area (Å²) in [7, 11) is 4.97. The van der Waals surface area contributed by atoms with Gasteiger partial charge in [-0.05, 0) is 55.3 Å². The Morgan fingerprint density at radius 3 is 2.34 bits per heavy atom. The summed E-state index contributed by atoms with van der Waals surface area (Å²) < 4.78 is 29.3. The van der Waals surface area contributed by atoms with Gasteiger partial charge in [0.25, 0.3) is 0 Å². The van der Waals surface area contributed by atoms with Gasteiger partial charge in [0.15, 0.2) is 17.5 Å². The van der Waals surface area contributed by atoms with Crippen molar-refractivity contribution in [2.24, 2.45) is 4.99 Å². The molecular weight excluding hydrogens is 488 g/mol. The van der Waals surface area contributed by atoms with Gasteiger partial charge in [0, 0.05) is 13.6 Å². The summed E-state index contributed by atoms with van der Waals surface area (Å²) >= 11 is 0. The fourth-order valence-electron chi connectivity index (χ4n) is 2.61. The van der Waals surface area contributed by atoms with Crippen LogP contribution in [0.1, 0.15) is 12.5 Å². The summed E-state index contributed by atoms with van der Waals surface area (Å²) in [5.74, 6) is 2.47. The van der Waals surface area contributed by atoms with Crippen molar-refractivity contribution in [3.05, 3.63) is 53.8 Å². The van der Waals surface area contributed by atoms with Gasteiger partial charge in [-0.2, -0.15) is 0 Å². The lowest BCUT2D eigenvalue weighted by Crippen LogP contribution is -2.42. The molecule has 0 radical (unpaired) electrons. The summed E-state index contributed by atoms with van der Waals surface area (Å²) in [5.41, 5.74) is 1.13. The highest BCUT2D eigenvalue weighted by molar-refractivity contribution is 14.0. The summed E-state index contributed by atoms with van der Waals surface area (Å²) in [6, 6.07) is 11.9. The van der Waals surface area contributed by atoms with Crippen molar-refractivity contribution in [3.8, 4) is 17.2 Å². The molecule has 1 atom stereocenters. The first-order chi connectivity index (χ1) is 13.5. The minimum atomic E-state index is -0.280. The average Bonchev–Trinajstić information content (AvgIpc) is 2.72. The molecule has 0 saturated heterocycles. The normalized spacial score (nSPS) is 11.8. The maximum atomic E-state index is 12.9. The molecule has 2 rings (SSSR count). The highest BCUT2D eigenvalue weighted by atomic mass is 127. The van der Waals surface area contributed by atoms with Gasteiger partial charge in [0.2, 0.25) is 0 Å². The van der Waals surface area contributed by atoms with Crippen LogP contribution in [0, 0.1) is 5.82 Å². The molecule has 2 N–H and O–H groups in total. The molecule has 0 aromatic heterocycles. The van der Waals surface area contributed by atoms with Crippen molar-refractivity contribution in [2.75, 3.05) is 34.4 Å². The van der Waals surface area contributed by atoms with Crippen LogP contribution in [0.15, 0.2) is 47.5 Å². The molecular formula is C21H29FIN3O3. The van der Waals surface area contributed by atoms with E-state index in [0.29, 0.717) is 36.3 Å². The smallest absolute Gasteiger partial charge is 0.191 e. The number of aliphatic imine (C=N–C) groups is 1. The lowest BCUT2D eigenvalue weighted by Gasteiger charge is -2.18. The van der Waals surface area contributed by atoms with E-state index in [-0.39, 0.29) is 35.9 Å². The zero-order valence-electron chi connectivity index (χ0n) is 17.2. The highest BCUT2D eigenvalue weighted by Crippen LogP contribution is 2.27. The first-order valence-corrected chi connectivity index (χ1v) is 9.13. The molecule has 0 bridgehead atoms. The lowest BCUT2D eigenvalue weighted by molar-refractivity contribution is 0.223. The Morgan fingerprint density at radius 2 is 1.72 bits per heavy atom. The molecule has 29 heavy (non-hydrogen) atoms. The largest absolute Gasteiger partial charge is 0.493 e. The molecule has 0 fully saturated rings. The van der Waals surface area contributed by atoms with Crippen molar-refractivity contribution in [3.63, 3.8) is 0 Å². The molecule has 0 saturated carbocycles. The maximum absolute atomic E-state index is 12.9. The Bertz CT molecular complexity index is 772. The number of halogens is 2. The fourth-order valence-corrected chi connectivity index (χ4v) is 2.61. The number of benzene rings is 2. The van der Waals surface area contributed by atoms with E-state index in [1.165, 1.54) is 12.1 Å². The number of guanidine groups is 1. The molecule has 0 aliphatic heterocycles. The first-order valence-electron chi connectivity index (χ1n) is 9.13. The SMILES string of the molecule is CN=C(NCCc1ccc(OC)c(OC)c1)NCC(C)Oc1ccc(F)cc1.I. The van der Waals surface area contributed by atoms with E-state index in [1.807, 2.05) is 25.1 Å². The summed E-state index contributed by atoms with van der Waals surface area (Å²) in [5, 5.41) is 6.50. The van der Waals surface area contributed by atoms with Crippen LogP contribution in [-0.2, 0) is 6.42 Å². The van der Waals surface area contributed by atoms with Gasteiger partial charge < -0.3 is 24.8 Å². The molecule has 0 heterocycles. The highest BCUT2D eigenvalue weighted by Gasteiger charge is 2.07. The molecule has 2 aromatic rings. The minimum absolute atomic E-state index is 0. The zero-order chi connectivity index (χ0) is 20.4. The van der Waals surface area contributed by atoms with Crippen LogP contribution < -0.4 is 24.8 Å². The third-order valence-corrected chi connectivity index (χ3v) is 4.09. The lowest BCUT2D eigenvalue weighted by atomic mass is 10.1. The molecule has 160 valence electrons. The second kappa shape index (κ2) is 13.1. The standard InChI is InChI=1S/C21H28FN3O3.HI/c1-15(28-18-8-6-17(22)7-9-18)14-25-21(23-2)24-12-11-16-5-10-19(26-3)20(13-16)27-4;/h5-10,13,15H,11-12,14H2,1-4H3,(H2,23,24,25);1H. The Kier molecular flexibility index (Phi) is 11.2. The maximum Gasteiger partial charge on any atom is 0.191 e. The summed E-state index contributed by atoms with van der Waals surface area (Å²) in [6.45, 7) is 3.21. The van der Waals surface area contributed by atoms with E-state index in [4.69, 9.17) is 14.2 Å². The molecule has 0 aliphatic carbocycles. The second-order valence-electron chi connectivity index (χ2n) is 6.20. The molecule has 0 aliphatic rings. The monoisotopic (exact) mass is 517 g/mol. The zero-order valence-corrected chi connectivity index (χ0v) is 19.5. The van der Waals surface area contributed by atoms with Crippen LogP contribution in [0.3, 0.4) is 0 Å². The number of nitrogens with zero attached hydrogens (tertiary/aromatic N) is 1. The van der Waals surface area contributed by atoms with Crippen LogP contribution in [-0.4, -0.2) is 46.4 Å². The average molecular weight is 517 g/mol. The van der Waals surface area contributed by atoms with Crippen molar-refractivity contribution in [2.45, 2.75) is 19.4 Å². The van der Waals surface area contributed by atoms with Crippen LogP contribution in [0.25, 0.3) is 0 Å². The van der Waals surface area contributed by atoms with Gasteiger partial charge in [0.1, 0.15) is 17.7 Å². The Hall–Kier alpha value is -2.23. The third-order valence-electron chi connectivity index (χ3n) is 4.09. The van der Waals surface area contributed by atoms with E-state index < -0.39 is 0 Å². The quantitative estimate of drug-likeness (QED) is 0.302. The summed E-state index contributed by atoms with van der Waals surface area (Å²) in [6.07, 6.45) is 0.706. The predicted octanol–water partition coefficient (Wildman–Crippen LogP) is 3.64. The Morgan fingerprint density at radius 1 is 1.03 bits per heavy atom. The van der Waals surface area contributed by atoms with E-state index in [0.717, 1.165) is 12.0 Å². The van der Waals surface area contributed by atoms with Crippen molar-refractivity contribution in [1.82, 2.24) is 10.6 Å². The van der Waals surface area contributed by atoms with E-state index in [9.17, 15) is 4.39 Å².